The molecule has 0 aliphatic carbocycles. The standard InChI is InChI=1S/C58H48N2.C2H6/c1-5-43-15-6-8-24-53(43)40(3)39(2)26-28-44-30-31-48-33-35-56(60-58(48)41(44)4)52-23-13-21-50(38-52)49-20-12-22-51(37-49)55-34-32-47-29-27-42(36-57(47)59-55)14-10-17-46-19-11-18-45-16-7-9-25-54(45)46;1-2/h5-9,11-13,15-16,18-38H,2,10,14,17H2,1,3-4H3;1-2H3/b28-26-,43-5-,53-40+;. The summed E-state index contributed by atoms with van der Waals surface area (Å²) in [5.74, 6) is 0. The molecule has 0 bridgehead atoms. The molecule has 9 aromatic rings. The van der Waals surface area contributed by atoms with E-state index in [9.17, 15) is 0 Å². The third-order valence-electron chi connectivity index (χ3n) is 12.0. The van der Waals surface area contributed by atoms with E-state index in [0.717, 1.165) is 91.4 Å². The van der Waals surface area contributed by atoms with Gasteiger partial charge in [-0.15, -0.1) is 0 Å². The van der Waals surface area contributed by atoms with Gasteiger partial charge in [0.25, 0.3) is 0 Å². The Kier molecular flexibility index (Phi) is 12.8. The van der Waals surface area contributed by atoms with E-state index in [4.69, 9.17) is 9.97 Å². The Morgan fingerprint density at radius 3 is 1.98 bits per heavy atom. The molecule has 0 saturated heterocycles. The largest absolute Gasteiger partial charge is 0.248 e. The number of nitrogens with zero attached hydrogens (tertiary/aromatic N) is 2. The number of hydrogen-bond acceptors (Lipinski definition) is 2. The summed E-state index contributed by atoms with van der Waals surface area (Å²) in [6.07, 6.45) is 9.60. The average Bonchev–Trinajstić information content (AvgIpc) is 3.34. The molecule has 0 aliphatic heterocycles. The number of aromatic nitrogens is 2. The van der Waals surface area contributed by atoms with Gasteiger partial charge in [0.05, 0.1) is 22.4 Å². The molecule has 0 spiro atoms. The predicted molar refractivity (Wildman–Crippen MR) is 268 cm³/mol. The van der Waals surface area contributed by atoms with Crippen molar-refractivity contribution in [3.05, 3.63) is 221 Å². The number of aryl methyl sites for hydroxylation is 3. The first-order valence-corrected chi connectivity index (χ1v) is 22.0. The fraction of sp³-hybridized carbons (Fsp3) is 0.133. The van der Waals surface area contributed by atoms with Crippen LogP contribution in [0.4, 0.5) is 0 Å². The Hall–Kier alpha value is -7.16. The Balaban J connectivity index is 0.00000261. The van der Waals surface area contributed by atoms with E-state index < -0.39 is 0 Å². The molecule has 2 aromatic heterocycles. The summed E-state index contributed by atoms with van der Waals surface area (Å²) in [7, 11) is 0. The Bertz CT molecular complexity index is 3230. The van der Waals surface area contributed by atoms with E-state index in [-0.39, 0.29) is 0 Å². The zero-order valence-electron chi connectivity index (χ0n) is 36.6. The normalized spacial score (nSPS) is 12.2. The van der Waals surface area contributed by atoms with Crippen molar-refractivity contribution in [3.63, 3.8) is 0 Å². The lowest BCUT2D eigenvalue weighted by atomic mass is 9.97. The van der Waals surface area contributed by atoms with Gasteiger partial charge in [0, 0.05) is 21.9 Å². The lowest BCUT2D eigenvalue weighted by Crippen LogP contribution is -2.25. The van der Waals surface area contributed by atoms with E-state index in [0.29, 0.717) is 0 Å². The second kappa shape index (κ2) is 19.0. The first-order chi connectivity index (χ1) is 30.4. The van der Waals surface area contributed by atoms with Crippen LogP contribution >= 0.6 is 0 Å². The molecule has 2 nitrogen and oxygen atoms in total. The van der Waals surface area contributed by atoms with Gasteiger partial charge >= 0.3 is 0 Å². The van der Waals surface area contributed by atoms with Crippen LogP contribution in [0.25, 0.3) is 83.9 Å². The summed E-state index contributed by atoms with van der Waals surface area (Å²) in [4.78, 5) is 10.4. The summed E-state index contributed by atoms with van der Waals surface area (Å²) in [6.45, 7) is 14.8. The summed E-state index contributed by atoms with van der Waals surface area (Å²) in [6, 6.07) is 61.0. The monoisotopic (exact) mass is 802 g/mol. The van der Waals surface area contributed by atoms with Gasteiger partial charge in [-0.3, -0.25) is 0 Å². The highest BCUT2D eigenvalue weighted by molar-refractivity contribution is 5.89. The third-order valence-corrected chi connectivity index (χ3v) is 12.0. The minimum Gasteiger partial charge on any atom is -0.248 e. The topological polar surface area (TPSA) is 25.8 Å². The highest BCUT2D eigenvalue weighted by Gasteiger charge is 2.10. The summed E-state index contributed by atoms with van der Waals surface area (Å²) < 4.78 is 0. The molecule has 0 N–H and O–H groups in total. The van der Waals surface area contributed by atoms with Crippen LogP contribution in [0.3, 0.4) is 0 Å². The molecule has 0 unspecified atom stereocenters. The summed E-state index contributed by atoms with van der Waals surface area (Å²) in [5, 5.41) is 7.39. The minimum atomic E-state index is 0.954. The molecule has 0 saturated carbocycles. The van der Waals surface area contributed by atoms with Gasteiger partial charge < -0.3 is 0 Å². The molecule has 0 amide bonds. The van der Waals surface area contributed by atoms with Crippen LogP contribution < -0.4 is 10.4 Å². The van der Waals surface area contributed by atoms with Gasteiger partial charge in [-0.1, -0.05) is 178 Å². The van der Waals surface area contributed by atoms with Crippen LogP contribution in [0.2, 0.25) is 0 Å². The van der Waals surface area contributed by atoms with Gasteiger partial charge in [-0.2, -0.15) is 0 Å². The van der Waals surface area contributed by atoms with E-state index in [1.54, 1.807) is 0 Å². The molecule has 2 heterocycles. The zero-order valence-corrected chi connectivity index (χ0v) is 36.6. The van der Waals surface area contributed by atoms with Gasteiger partial charge in [0.1, 0.15) is 0 Å². The molecular formula is C60H54N2. The van der Waals surface area contributed by atoms with Crippen molar-refractivity contribution in [1.29, 1.82) is 0 Å². The molecule has 304 valence electrons. The quantitative estimate of drug-likeness (QED) is 0.129. The van der Waals surface area contributed by atoms with Crippen LogP contribution in [-0.4, -0.2) is 9.97 Å². The maximum Gasteiger partial charge on any atom is 0.0744 e. The van der Waals surface area contributed by atoms with Crippen LogP contribution in [0.5, 0.6) is 0 Å². The predicted octanol–water partition coefficient (Wildman–Crippen LogP) is 14.7. The molecule has 62 heavy (non-hydrogen) atoms. The van der Waals surface area contributed by atoms with Crippen molar-refractivity contribution < 1.29 is 0 Å². The van der Waals surface area contributed by atoms with Crippen LogP contribution in [0.1, 0.15) is 56.4 Å². The lowest BCUT2D eigenvalue weighted by Gasteiger charge is -2.11. The second-order valence-electron chi connectivity index (χ2n) is 15.8. The minimum absolute atomic E-state index is 0.954. The van der Waals surface area contributed by atoms with Crippen LogP contribution in [-0.2, 0) is 12.8 Å². The van der Waals surface area contributed by atoms with Crippen molar-refractivity contribution in [2.45, 2.75) is 53.9 Å². The first kappa shape index (κ1) is 41.6. The number of hydrogen-bond donors (Lipinski definition) is 0. The van der Waals surface area contributed by atoms with E-state index in [2.05, 4.69) is 215 Å². The Morgan fingerprint density at radius 2 is 1.21 bits per heavy atom. The number of benzene rings is 7. The number of fused-ring (bicyclic) bond motifs is 3. The molecule has 0 atom stereocenters. The van der Waals surface area contributed by atoms with Gasteiger partial charge in [-0.25, -0.2) is 9.97 Å². The highest BCUT2D eigenvalue weighted by atomic mass is 14.7. The lowest BCUT2D eigenvalue weighted by molar-refractivity contribution is 0.826. The zero-order chi connectivity index (χ0) is 43.0. The Labute approximate surface area is 367 Å². The van der Waals surface area contributed by atoms with E-state index in [1.165, 1.54) is 37.9 Å². The SMILES string of the molecule is C=C(/C=C\c1ccc2ccc(-c3cccc(-c4cccc(-c5ccc6ccc(CCCc7cccc8ccccc78)cc6n5)c4)c3)nc2c1C)/C(C)=c1\cccc\c1=C\C.CC. The molecule has 9 rings (SSSR count). The third kappa shape index (κ3) is 8.97. The van der Waals surface area contributed by atoms with Gasteiger partial charge in [0.15, 0.2) is 0 Å². The van der Waals surface area contributed by atoms with Crippen molar-refractivity contribution in [1.82, 2.24) is 9.97 Å². The van der Waals surface area contributed by atoms with Crippen molar-refractivity contribution in [2.75, 3.05) is 0 Å². The molecule has 0 fully saturated rings. The van der Waals surface area contributed by atoms with E-state index in [1.807, 2.05) is 13.8 Å². The number of rotatable bonds is 10. The first-order valence-electron chi connectivity index (χ1n) is 22.0. The number of pyridine rings is 2. The molecule has 7 aromatic carbocycles. The second-order valence-corrected chi connectivity index (χ2v) is 15.8. The van der Waals surface area contributed by atoms with Crippen LogP contribution in [0.15, 0.2) is 188 Å². The fourth-order valence-corrected chi connectivity index (χ4v) is 8.45. The smallest absolute Gasteiger partial charge is 0.0744 e. The fourth-order valence-electron chi connectivity index (χ4n) is 8.45. The maximum absolute atomic E-state index is 5.24. The van der Waals surface area contributed by atoms with Gasteiger partial charge in [0.2, 0.25) is 0 Å². The molecule has 0 aliphatic rings. The van der Waals surface area contributed by atoms with Crippen molar-refractivity contribution in [3.8, 4) is 33.6 Å². The summed E-state index contributed by atoms with van der Waals surface area (Å²) >= 11 is 0. The van der Waals surface area contributed by atoms with E-state index >= 15 is 0 Å². The van der Waals surface area contributed by atoms with Crippen molar-refractivity contribution in [2.24, 2.45) is 0 Å². The van der Waals surface area contributed by atoms with Crippen LogP contribution in [0, 0.1) is 6.92 Å². The Morgan fingerprint density at radius 1 is 0.581 bits per heavy atom. The summed E-state index contributed by atoms with van der Waals surface area (Å²) in [5.41, 5.74) is 15.7. The molecular weight excluding hydrogens is 749 g/mol. The molecule has 2 heteroatoms. The maximum atomic E-state index is 5.24. The average molecular weight is 803 g/mol. The number of allylic oxidation sites excluding steroid dienone is 2. The molecule has 0 radical (unpaired) electrons. The highest BCUT2D eigenvalue weighted by Crippen LogP contribution is 2.32. The van der Waals surface area contributed by atoms with Gasteiger partial charge in [-0.05, 0) is 136 Å². The van der Waals surface area contributed by atoms with Crippen molar-refractivity contribution >= 4 is 50.3 Å².